The molecular weight excluding hydrogens is 283 g/mol. The van der Waals surface area contributed by atoms with Gasteiger partial charge in [-0.1, -0.05) is 30.6 Å². The number of amides is 1. The van der Waals surface area contributed by atoms with E-state index in [0.717, 1.165) is 0 Å². The predicted octanol–water partition coefficient (Wildman–Crippen LogP) is 3.87. The first-order valence-corrected chi connectivity index (χ1v) is 6.47. The third-order valence-corrected chi connectivity index (χ3v) is 3.20. The zero-order valence-electron chi connectivity index (χ0n) is 11.4. The maximum Gasteiger partial charge on any atom is 0.280 e. The fourth-order valence-electron chi connectivity index (χ4n) is 1.64. The Labute approximate surface area is 121 Å². The van der Waals surface area contributed by atoms with Crippen molar-refractivity contribution >= 4 is 23.2 Å². The lowest BCUT2D eigenvalue weighted by Gasteiger charge is -2.16. The lowest BCUT2D eigenvalue weighted by Crippen LogP contribution is -2.26. The van der Waals surface area contributed by atoms with Crippen LogP contribution >= 0.6 is 11.6 Å². The molecule has 1 amide bonds. The summed E-state index contributed by atoms with van der Waals surface area (Å²) in [4.78, 5) is 13.6. The molecule has 1 heterocycles. The van der Waals surface area contributed by atoms with Gasteiger partial charge < -0.3 is 9.42 Å². The first-order valence-electron chi connectivity index (χ1n) is 6.10. The maximum atomic E-state index is 13.1. The van der Waals surface area contributed by atoms with E-state index < -0.39 is 5.82 Å². The quantitative estimate of drug-likeness (QED) is 0.864. The largest absolute Gasteiger partial charge is 0.360 e. The van der Waals surface area contributed by atoms with Gasteiger partial charge in [0.15, 0.2) is 5.69 Å². The van der Waals surface area contributed by atoms with Crippen molar-refractivity contribution in [3.05, 3.63) is 46.6 Å². The summed E-state index contributed by atoms with van der Waals surface area (Å²) < 4.78 is 18.2. The highest BCUT2D eigenvalue weighted by Crippen LogP contribution is 2.23. The number of nitrogens with zero attached hydrogens (tertiary/aromatic N) is 2. The molecule has 20 heavy (non-hydrogen) atoms. The Morgan fingerprint density at radius 1 is 1.40 bits per heavy atom. The van der Waals surface area contributed by atoms with Gasteiger partial charge in [0, 0.05) is 24.7 Å². The van der Waals surface area contributed by atoms with E-state index in [4.69, 9.17) is 16.1 Å². The highest BCUT2D eigenvalue weighted by atomic mass is 35.5. The number of aromatic nitrogens is 1. The van der Waals surface area contributed by atoms with Crippen molar-refractivity contribution in [2.45, 2.75) is 19.8 Å². The lowest BCUT2D eigenvalue weighted by molar-refractivity contribution is 0.0984. The predicted molar refractivity (Wildman–Crippen MR) is 74.7 cm³/mol. The van der Waals surface area contributed by atoms with Crippen molar-refractivity contribution in [1.82, 2.24) is 5.16 Å². The molecule has 0 unspecified atom stereocenters. The molecular formula is C14H14ClFN2O2. The van der Waals surface area contributed by atoms with Crippen LogP contribution in [0, 0.1) is 5.82 Å². The molecule has 2 aromatic rings. The van der Waals surface area contributed by atoms with E-state index >= 15 is 0 Å². The van der Waals surface area contributed by atoms with Crippen LogP contribution in [0.15, 0.2) is 28.8 Å². The normalized spacial score (nSPS) is 10.9. The van der Waals surface area contributed by atoms with E-state index in [1.165, 1.54) is 23.1 Å². The number of anilines is 1. The van der Waals surface area contributed by atoms with Gasteiger partial charge in [-0.05, 0) is 18.2 Å². The standard InChI is InChI=1S/C14H14ClFN2O2/c1-8(2)13-7-12(17-20-13)14(19)18(3)9-4-5-11(16)10(15)6-9/h4-8H,1-3H3. The highest BCUT2D eigenvalue weighted by molar-refractivity contribution is 6.31. The number of benzene rings is 1. The van der Waals surface area contributed by atoms with E-state index in [9.17, 15) is 9.18 Å². The molecule has 0 radical (unpaired) electrons. The molecule has 1 aromatic heterocycles. The summed E-state index contributed by atoms with van der Waals surface area (Å²) in [5.41, 5.74) is 0.687. The number of carbonyl (C=O) groups excluding carboxylic acids is 1. The zero-order valence-corrected chi connectivity index (χ0v) is 12.1. The SMILES string of the molecule is CC(C)c1cc(C(=O)N(C)c2ccc(F)c(Cl)c2)no1. The lowest BCUT2D eigenvalue weighted by atomic mass is 10.1. The van der Waals surface area contributed by atoms with Crippen LogP contribution in [0.1, 0.15) is 36.0 Å². The summed E-state index contributed by atoms with van der Waals surface area (Å²) in [6.07, 6.45) is 0. The molecule has 0 aliphatic carbocycles. The summed E-state index contributed by atoms with van der Waals surface area (Å²) in [6.45, 7) is 3.89. The molecule has 0 bridgehead atoms. The Morgan fingerprint density at radius 3 is 2.65 bits per heavy atom. The molecule has 1 aromatic carbocycles. The van der Waals surface area contributed by atoms with E-state index in [0.29, 0.717) is 11.4 Å². The fourth-order valence-corrected chi connectivity index (χ4v) is 1.82. The molecule has 0 aliphatic rings. The summed E-state index contributed by atoms with van der Waals surface area (Å²) >= 11 is 5.71. The smallest absolute Gasteiger partial charge is 0.280 e. The second-order valence-electron chi connectivity index (χ2n) is 4.73. The Kier molecular flexibility index (Phi) is 4.09. The van der Waals surface area contributed by atoms with Crippen LogP contribution in [0.3, 0.4) is 0 Å². The number of halogens is 2. The summed E-state index contributed by atoms with van der Waals surface area (Å²) in [6, 6.07) is 5.68. The number of hydrogen-bond donors (Lipinski definition) is 0. The van der Waals surface area contributed by atoms with Crippen molar-refractivity contribution < 1.29 is 13.7 Å². The first-order chi connectivity index (χ1) is 9.40. The van der Waals surface area contributed by atoms with Crippen LogP contribution in [0.2, 0.25) is 5.02 Å². The number of carbonyl (C=O) groups is 1. The van der Waals surface area contributed by atoms with Crippen LogP contribution in [0.25, 0.3) is 0 Å². The van der Waals surface area contributed by atoms with Crippen molar-refractivity contribution in [3.8, 4) is 0 Å². The van der Waals surface area contributed by atoms with Crippen LogP contribution in [-0.2, 0) is 0 Å². The van der Waals surface area contributed by atoms with Crippen LogP contribution in [0.5, 0.6) is 0 Å². The number of hydrogen-bond acceptors (Lipinski definition) is 3. The van der Waals surface area contributed by atoms with Gasteiger partial charge in [-0.3, -0.25) is 4.79 Å². The molecule has 0 saturated heterocycles. The summed E-state index contributed by atoms with van der Waals surface area (Å²) in [7, 11) is 1.57. The molecule has 4 nitrogen and oxygen atoms in total. The van der Waals surface area contributed by atoms with E-state index in [1.54, 1.807) is 13.1 Å². The molecule has 0 aliphatic heterocycles. The van der Waals surface area contributed by atoms with E-state index in [-0.39, 0.29) is 22.5 Å². The van der Waals surface area contributed by atoms with Gasteiger partial charge in [-0.25, -0.2) is 4.39 Å². The van der Waals surface area contributed by atoms with Gasteiger partial charge in [0.25, 0.3) is 5.91 Å². The molecule has 0 atom stereocenters. The van der Waals surface area contributed by atoms with Gasteiger partial charge in [-0.2, -0.15) is 0 Å². The van der Waals surface area contributed by atoms with Crippen molar-refractivity contribution in [3.63, 3.8) is 0 Å². The molecule has 106 valence electrons. The summed E-state index contributed by atoms with van der Waals surface area (Å²) in [5, 5.41) is 3.71. The third-order valence-electron chi connectivity index (χ3n) is 2.91. The Bertz CT molecular complexity index is 640. The van der Waals surface area contributed by atoms with Gasteiger partial charge >= 0.3 is 0 Å². The second kappa shape index (κ2) is 5.63. The molecule has 2 rings (SSSR count). The van der Waals surface area contributed by atoms with Gasteiger partial charge in [-0.15, -0.1) is 0 Å². The van der Waals surface area contributed by atoms with Crippen molar-refractivity contribution in [2.75, 3.05) is 11.9 Å². The van der Waals surface area contributed by atoms with Crippen LogP contribution < -0.4 is 4.90 Å². The summed E-state index contributed by atoms with van der Waals surface area (Å²) in [5.74, 6) is -0.0865. The minimum Gasteiger partial charge on any atom is -0.360 e. The van der Waals surface area contributed by atoms with E-state index in [1.807, 2.05) is 13.8 Å². The minimum atomic E-state index is -0.528. The Balaban J connectivity index is 2.25. The molecule has 6 heteroatoms. The Morgan fingerprint density at radius 2 is 2.10 bits per heavy atom. The average Bonchev–Trinajstić information content (AvgIpc) is 2.90. The molecule has 0 saturated carbocycles. The van der Waals surface area contributed by atoms with Gasteiger partial charge in [0.2, 0.25) is 0 Å². The van der Waals surface area contributed by atoms with Crippen LogP contribution in [0.4, 0.5) is 10.1 Å². The van der Waals surface area contributed by atoms with Gasteiger partial charge in [0.1, 0.15) is 11.6 Å². The van der Waals surface area contributed by atoms with Crippen molar-refractivity contribution in [2.24, 2.45) is 0 Å². The molecule has 0 spiro atoms. The minimum absolute atomic E-state index is 0.0369. The maximum absolute atomic E-state index is 13.1. The Hall–Kier alpha value is -1.88. The molecule has 0 fully saturated rings. The van der Waals surface area contributed by atoms with Crippen LogP contribution in [-0.4, -0.2) is 18.1 Å². The van der Waals surface area contributed by atoms with Crippen molar-refractivity contribution in [1.29, 1.82) is 0 Å². The fraction of sp³-hybridized carbons (Fsp3) is 0.286. The monoisotopic (exact) mass is 296 g/mol. The second-order valence-corrected chi connectivity index (χ2v) is 5.14. The highest BCUT2D eigenvalue weighted by Gasteiger charge is 2.19. The first kappa shape index (κ1) is 14.5. The zero-order chi connectivity index (χ0) is 14.9. The van der Waals surface area contributed by atoms with Gasteiger partial charge in [0.05, 0.1) is 5.02 Å². The van der Waals surface area contributed by atoms with E-state index in [2.05, 4.69) is 5.16 Å². The number of rotatable bonds is 3. The average molecular weight is 297 g/mol. The topological polar surface area (TPSA) is 46.3 Å². The third kappa shape index (κ3) is 2.82. The molecule has 0 N–H and O–H groups in total.